The lowest BCUT2D eigenvalue weighted by Gasteiger charge is -2.22. The fraction of sp³-hybridized carbons (Fsp3) is 0.526. The zero-order chi connectivity index (χ0) is 24.2. The lowest BCUT2D eigenvalue weighted by Crippen LogP contribution is -2.44. The van der Waals surface area contributed by atoms with Crippen molar-refractivity contribution < 1.29 is 50.2 Å². The van der Waals surface area contributed by atoms with Crippen LogP contribution < -0.4 is 5.32 Å². The zero-order valence-corrected chi connectivity index (χ0v) is 17.0. The van der Waals surface area contributed by atoms with Gasteiger partial charge in [-0.1, -0.05) is 0 Å². The summed E-state index contributed by atoms with van der Waals surface area (Å²) in [5, 5.41) is 2.07. The van der Waals surface area contributed by atoms with Crippen LogP contribution >= 0.6 is 0 Å². The Kier molecular flexibility index (Phi) is 8.10. The van der Waals surface area contributed by atoms with E-state index in [1.807, 2.05) is 0 Å². The Hall–Kier alpha value is -2.79. The van der Waals surface area contributed by atoms with Gasteiger partial charge in [-0.2, -0.15) is 26.3 Å². The van der Waals surface area contributed by atoms with Gasteiger partial charge < -0.3 is 14.8 Å². The van der Waals surface area contributed by atoms with Gasteiger partial charge in [0.05, 0.1) is 31.1 Å². The Morgan fingerprint density at radius 3 is 1.81 bits per heavy atom. The van der Waals surface area contributed by atoms with Crippen molar-refractivity contribution in [3.63, 3.8) is 0 Å². The van der Waals surface area contributed by atoms with Crippen LogP contribution in [-0.4, -0.2) is 36.6 Å². The molecule has 0 aliphatic rings. The molecule has 0 saturated carbocycles. The molecule has 1 atom stereocenters. The maximum absolute atomic E-state index is 12.9. The van der Waals surface area contributed by atoms with Gasteiger partial charge in [-0.25, -0.2) is 4.79 Å². The highest BCUT2D eigenvalue weighted by atomic mass is 19.4. The summed E-state index contributed by atoms with van der Waals surface area (Å²) in [6, 6.07) is -0.812. The number of methoxy groups -OCH3 is 1. The number of rotatable bonds is 6. The number of ether oxygens (including phenoxy) is 2. The number of benzene rings is 1. The predicted octanol–water partition coefficient (Wildman–Crippen LogP) is 3.66. The lowest BCUT2D eigenvalue weighted by atomic mass is 10.0. The fourth-order valence-electron chi connectivity index (χ4n) is 2.44. The Morgan fingerprint density at radius 1 is 0.935 bits per heavy atom. The van der Waals surface area contributed by atoms with Crippen molar-refractivity contribution in [2.75, 3.05) is 7.11 Å². The van der Waals surface area contributed by atoms with E-state index in [4.69, 9.17) is 4.74 Å². The van der Waals surface area contributed by atoms with Gasteiger partial charge in [0.1, 0.15) is 11.6 Å². The normalized spacial score (nSPS) is 13.4. The molecule has 31 heavy (non-hydrogen) atoms. The second-order valence-corrected chi connectivity index (χ2v) is 7.52. The third kappa shape index (κ3) is 8.85. The molecule has 0 unspecified atom stereocenters. The second kappa shape index (κ2) is 9.56. The van der Waals surface area contributed by atoms with E-state index in [0.717, 1.165) is 7.11 Å². The molecule has 0 aliphatic carbocycles. The Labute approximate surface area is 173 Å². The number of esters is 2. The average Bonchev–Trinajstić information content (AvgIpc) is 2.56. The summed E-state index contributed by atoms with van der Waals surface area (Å²) >= 11 is 0. The first-order valence-electron chi connectivity index (χ1n) is 8.80. The Morgan fingerprint density at radius 2 is 1.42 bits per heavy atom. The summed E-state index contributed by atoms with van der Waals surface area (Å²) < 4.78 is 87.1. The average molecular weight is 457 g/mol. The number of carbonyl (C=O) groups excluding carboxylic acids is 3. The summed E-state index contributed by atoms with van der Waals surface area (Å²) in [4.78, 5) is 35.9. The van der Waals surface area contributed by atoms with Crippen molar-refractivity contribution >= 4 is 17.8 Å². The molecule has 0 aromatic heterocycles. The molecule has 0 aliphatic heterocycles. The predicted molar refractivity (Wildman–Crippen MR) is 94.6 cm³/mol. The van der Waals surface area contributed by atoms with E-state index in [9.17, 15) is 40.7 Å². The smallest absolute Gasteiger partial charge is 0.416 e. The van der Waals surface area contributed by atoms with Crippen molar-refractivity contribution in [3.05, 3.63) is 34.9 Å². The van der Waals surface area contributed by atoms with E-state index in [0.29, 0.717) is 12.1 Å². The number of alkyl halides is 6. The van der Waals surface area contributed by atoms with E-state index in [1.165, 1.54) is 0 Å². The van der Waals surface area contributed by atoms with Gasteiger partial charge in [0.25, 0.3) is 0 Å². The molecule has 1 aromatic carbocycles. The number of halogens is 6. The summed E-state index contributed by atoms with van der Waals surface area (Å²) in [6.07, 6.45) is -11.7. The van der Waals surface area contributed by atoms with Gasteiger partial charge >= 0.3 is 24.3 Å². The van der Waals surface area contributed by atoms with Crippen LogP contribution in [0.4, 0.5) is 26.3 Å². The van der Waals surface area contributed by atoms with Gasteiger partial charge in [0, 0.05) is 0 Å². The molecular formula is C19H21F6NO5. The second-order valence-electron chi connectivity index (χ2n) is 7.52. The van der Waals surface area contributed by atoms with E-state index in [1.54, 1.807) is 20.8 Å². The van der Waals surface area contributed by atoms with Crippen molar-refractivity contribution in [3.8, 4) is 0 Å². The van der Waals surface area contributed by atoms with Gasteiger partial charge in [-0.3, -0.25) is 9.59 Å². The van der Waals surface area contributed by atoms with Crippen LogP contribution in [0.3, 0.4) is 0 Å². The van der Waals surface area contributed by atoms with Crippen molar-refractivity contribution in [1.29, 1.82) is 0 Å². The van der Waals surface area contributed by atoms with Crippen LogP contribution in [0.15, 0.2) is 18.2 Å². The highest BCUT2D eigenvalue weighted by Gasteiger charge is 2.37. The lowest BCUT2D eigenvalue weighted by molar-refractivity contribution is -0.159. The molecule has 174 valence electrons. The minimum Gasteiger partial charge on any atom is -0.467 e. The SMILES string of the molecule is COC(=O)[C@H](CC(=O)OC(C)(C)C)NC(=O)Cc1cc(C(F)(F)F)cc(C(F)(F)F)c1. The van der Waals surface area contributed by atoms with Gasteiger partial charge in [0.2, 0.25) is 5.91 Å². The van der Waals surface area contributed by atoms with Gasteiger partial charge in [-0.05, 0) is 44.5 Å². The van der Waals surface area contributed by atoms with E-state index >= 15 is 0 Å². The molecular weight excluding hydrogens is 436 g/mol. The fourth-order valence-corrected chi connectivity index (χ4v) is 2.44. The van der Waals surface area contributed by atoms with Crippen LogP contribution in [0.25, 0.3) is 0 Å². The standard InChI is InChI=1S/C19H21F6NO5/c1-17(2,3)31-15(28)9-13(16(29)30-4)26-14(27)7-10-5-11(18(20,21)22)8-12(6-10)19(23,24)25/h5-6,8,13H,7,9H2,1-4H3,(H,26,27)/t13-/m0/s1. The quantitative estimate of drug-likeness (QED) is 0.521. The maximum atomic E-state index is 12.9. The zero-order valence-electron chi connectivity index (χ0n) is 17.0. The van der Waals surface area contributed by atoms with Gasteiger partial charge in [0.15, 0.2) is 0 Å². The van der Waals surface area contributed by atoms with Crippen LogP contribution in [0.2, 0.25) is 0 Å². The van der Waals surface area contributed by atoms with Crippen LogP contribution in [0.1, 0.15) is 43.9 Å². The van der Waals surface area contributed by atoms with Crippen LogP contribution in [0, 0.1) is 0 Å². The van der Waals surface area contributed by atoms with Crippen molar-refractivity contribution in [2.45, 2.75) is 57.6 Å². The topological polar surface area (TPSA) is 81.7 Å². The monoisotopic (exact) mass is 457 g/mol. The molecule has 0 fully saturated rings. The first-order chi connectivity index (χ1) is 13.9. The number of hydrogen-bond donors (Lipinski definition) is 1. The third-order valence-electron chi connectivity index (χ3n) is 3.62. The molecule has 0 radical (unpaired) electrons. The van der Waals surface area contributed by atoms with E-state index in [2.05, 4.69) is 10.1 Å². The number of nitrogens with one attached hydrogen (secondary N) is 1. The van der Waals surface area contributed by atoms with E-state index in [-0.39, 0.29) is 6.07 Å². The summed E-state index contributed by atoms with van der Waals surface area (Å²) in [7, 11) is 0.971. The van der Waals surface area contributed by atoms with Crippen LogP contribution in [0.5, 0.6) is 0 Å². The minimum atomic E-state index is -5.07. The Bertz CT molecular complexity index is 794. The highest BCUT2D eigenvalue weighted by molar-refractivity contribution is 5.88. The molecule has 12 heteroatoms. The van der Waals surface area contributed by atoms with Crippen molar-refractivity contribution in [2.24, 2.45) is 0 Å². The number of amides is 1. The molecule has 0 spiro atoms. The molecule has 0 heterocycles. The Balaban J connectivity index is 3.06. The maximum Gasteiger partial charge on any atom is 0.416 e. The first kappa shape index (κ1) is 26.2. The highest BCUT2D eigenvalue weighted by Crippen LogP contribution is 2.36. The first-order valence-corrected chi connectivity index (χ1v) is 8.80. The van der Waals surface area contributed by atoms with Crippen molar-refractivity contribution in [1.82, 2.24) is 5.32 Å². The largest absolute Gasteiger partial charge is 0.467 e. The van der Waals surface area contributed by atoms with E-state index < -0.39 is 71.4 Å². The molecule has 0 saturated heterocycles. The summed E-state index contributed by atoms with van der Waals surface area (Å²) in [5.74, 6) is -3.01. The molecule has 1 amide bonds. The summed E-state index contributed by atoms with van der Waals surface area (Å²) in [5.41, 5.74) is -4.64. The molecule has 1 N–H and O–H groups in total. The molecule has 1 aromatic rings. The number of carbonyl (C=O) groups is 3. The molecule has 1 rings (SSSR count). The third-order valence-corrected chi connectivity index (χ3v) is 3.62. The van der Waals surface area contributed by atoms with Crippen LogP contribution in [-0.2, 0) is 42.6 Å². The molecule has 0 bridgehead atoms. The minimum absolute atomic E-state index is 0.0683. The van der Waals surface area contributed by atoms with Gasteiger partial charge in [-0.15, -0.1) is 0 Å². The summed E-state index contributed by atoms with van der Waals surface area (Å²) in [6.45, 7) is 4.67. The molecule has 6 nitrogen and oxygen atoms in total. The number of hydrogen-bond acceptors (Lipinski definition) is 5.